The lowest BCUT2D eigenvalue weighted by atomic mass is 9.87. The first kappa shape index (κ1) is 15.1. The zero-order chi connectivity index (χ0) is 15.5. The summed E-state index contributed by atoms with van der Waals surface area (Å²) in [5.74, 6) is 1.21. The number of aliphatic hydroxyl groups is 1. The topological polar surface area (TPSA) is 53.2 Å². The van der Waals surface area contributed by atoms with Crippen LogP contribution in [-0.2, 0) is 12.0 Å². The molecule has 0 saturated carbocycles. The minimum atomic E-state index is -0.0888. The van der Waals surface area contributed by atoms with E-state index in [1.165, 1.54) is 5.56 Å². The maximum absolute atomic E-state index is 9.19. The van der Waals surface area contributed by atoms with Gasteiger partial charge in [0.15, 0.2) is 0 Å². The molecule has 0 aliphatic carbocycles. The van der Waals surface area contributed by atoms with E-state index in [9.17, 15) is 5.26 Å². The van der Waals surface area contributed by atoms with Crippen LogP contribution in [0.2, 0.25) is 0 Å². The van der Waals surface area contributed by atoms with E-state index in [-0.39, 0.29) is 12.0 Å². The SMILES string of the molecule is CC(C)(C)c1cccc(Oc2ccc(CO)cc2C#N)c1. The largest absolute Gasteiger partial charge is 0.456 e. The van der Waals surface area contributed by atoms with E-state index in [4.69, 9.17) is 9.84 Å². The first-order valence-corrected chi connectivity index (χ1v) is 6.86. The number of hydrogen-bond acceptors (Lipinski definition) is 3. The molecular formula is C18H19NO2. The molecule has 0 fully saturated rings. The molecule has 0 bridgehead atoms. The summed E-state index contributed by atoms with van der Waals surface area (Å²) < 4.78 is 5.83. The summed E-state index contributed by atoms with van der Waals surface area (Å²) in [6.07, 6.45) is 0. The highest BCUT2D eigenvalue weighted by Gasteiger charge is 2.14. The van der Waals surface area contributed by atoms with E-state index in [2.05, 4.69) is 32.9 Å². The van der Waals surface area contributed by atoms with Crippen molar-refractivity contribution >= 4 is 0 Å². The van der Waals surface area contributed by atoms with Crippen LogP contribution >= 0.6 is 0 Å². The fourth-order valence-corrected chi connectivity index (χ4v) is 2.00. The first-order valence-electron chi connectivity index (χ1n) is 6.86. The zero-order valence-corrected chi connectivity index (χ0v) is 12.6. The summed E-state index contributed by atoms with van der Waals surface area (Å²) in [7, 11) is 0. The molecule has 21 heavy (non-hydrogen) atoms. The van der Waals surface area contributed by atoms with E-state index in [1.807, 2.05) is 18.2 Å². The van der Waals surface area contributed by atoms with Crippen molar-refractivity contribution in [3.8, 4) is 17.6 Å². The van der Waals surface area contributed by atoms with Crippen LogP contribution in [0, 0.1) is 11.3 Å². The summed E-state index contributed by atoms with van der Waals surface area (Å²) in [6, 6.07) is 15.1. The molecule has 0 aromatic heterocycles. The highest BCUT2D eigenvalue weighted by molar-refractivity contribution is 5.47. The second-order valence-electron chi connectivity index (χ2n) is 5.98. The van der Waals surface area contributed by atoms with E-state index in [0.717, 1.165) is 0 Å². The van der Waals surface area contributed by atoms with Crippen molar-refractivity contribution in [1.82, 2.24) is 0 Å². The van der Waals surface area contributed by atoms with Crippen molar-refractivity contribution in [3.63, 3.8) is 0 Å². The molecule has 3 nitrogen and oxygen atoms in total. The molecule has 1 N–H and O–H groups in total. The highest BCUT2D eigenvalue weighted by Crippen LogP contribution is 2.30. The van der Waals surface area contributed by atoms with Gasteiger partial charge >= 0.3 is 0 Å². The first-order chi connectivity index (χ1) is 9.94. The maximum Gasteiger partial charge on any atom is 0.145 e. The fraction of sp³-hybridized carbons (Fsp3) is 0.278. The van der Waals surface area contributed by atoms with Gasteiger partial charge in [0.2, 0.25) is 0 Å². The van der Waals surface area contributed by atoms with E-state index < -0.39 is 0 Å². The molecule has 2 aromatic carbocycles. The van der Waals surface area contributed by atoms with E-state index >= 15 is 0 Å². The molecule has 0 atom stereocenters. The molecule has 2 rings (SSSR count). The third-order valence-electron chi connectivity index (χ3n) is 3.27. The van der Waals surface area contributed by atoms with Gasteiger partial charge in [0, 0.05) is 0 Å². The van der Waals surface area contributed by atoms with E-state index in [0.29, 0.717) is 22.6 Å². The van der Waals surface area contributed by atoms with Crippen LogP contribution in [-0.4, -0.2) is 5.11 Å². The number of nitrogens with zero attached hydrogens (tertiary/aromatic N) is 1. The van der Waals surface area contributed by atoms with Crippen LogP contribution in [0.4, 0.5) is 0 Å². The zero-order valence-electron chi connectivity index (χ0n) is 12.6. The second kappa shape index (κ2) is 5.99. The van der Waals surface area contributed by atoms with Crippen molar-refractivity contribution < 1.29 is 9.84 Å². The van der Waals surface area contributed by atoms with Gasteiger partial charge in [-0.25, -0.2) is 0 Å². The molecular weight excluding hydrogens is 262 g/mol. The summed E-state index contributed by atoms with van der Waals surface area (Å²) in [4.78, 5) is 0. The van der Waals surface area contributed by atoms with Crippen LogP contribution in [0.15, 0.2) is 42.5 Å². The van der Waals surface area contributed by atoms with Gasteiger partial charge < -0.3 is 9.84 Å². The molecule has 0 aliphatic rings. The predicted molar refractivity (Wildman–Crippen MR) is 82.3 cm³/mol. The average Bonchev–Trinajstić information content (AvgIpc) is 2.47. The lowest BCUT2D eigenvalue weighted by molar-refractivity contribution is 0.281. The Labute approximate surface area is 125 Å². The molecule has 0 spiro atoms. The normalized spacial score (nSPS) is 11.0. The Morgan fingerprint density at radius 3 is 2.52 bits per heavy atom. The fourth-order valence-electron chi connectivity index (χ4n) is 2.00. The number of benzene rings is 2. The minimum absolute atomic E-state index is 0.0399. The van der Waals surface area contributed by atoms with Crippen molar-refractivity contribution in [2.24, 2.45) is 0 Å². The standard InChI is InChI=1S/C18H19NO2/c1-18(2,3)15-5-4-6-16(10-15)21-17-8-7-13(12-20)9-14(17)11-19/h4-10,20H,12H2,1-3H3. The number of hydrogen-bond donors (Lipinski definition) is 1. The summed E-state index contributed by atoms with van der Waals surface area (Å²) in [5.41, 5.74) is 2.33. The number of ether oxygens (including phenoxy) is 1. The van der Waals surface area contributed by atoms with Gasteiger partial charge in [0.05, 0.1) is 12.2 Å². The molecule has 2 aromatic rings. The maximum atomic E-state index is 9.19. The minimum Gasteiger partial charge on any atom is -0.456 e. The smallest absolute Gasteiger partial charge is 0.145 e. The summed E-state index contributed by atoms with van der Waals surface area (Å²) in [5, 5.41) is 18.3. The molecule has 0 amide bonds. The molecule has 3 heteroatoms. The average molecular weight is 281 g/mol. The molecule has 0 radical (unpaired) electrons. The van der Waals surface area contributed by atoms with Gasteiger partial charge in [0.1, 0.15) is 17.6 Å². The van der Waals surface area contributed by atoms with Crippen LogP contribution in [0.3, 0.4) is 0 Å². The Kier molecular flexibility index (Phi) is 4.30. The molecule has 0 saturated heterocycles. The Balaban J connectivity index is 2.33. The van der Waals surface area contributed by atoms with Gasteiger partial charge in [-0.05, 0) is 40.8 Å². The summed E-state index contributed by atoms with van der Waals surface area (Å²) in [6.45, 7) is 6.34. The van der Waals surface area contributed by atoms with Crippen molar-refractivity contribution in [3.05, 3.63) is 59.2 Å². The van der Waals surface area contributed by atoms with Crippen LogP contribution in [0.25, 0.3) is 0 Å². The second-order valence-corrected chi connectivity index (χ2v) is 5.98. The third-order valence-corrected chi connectivity index (χ3v) is 3.27. The van der Waals surface area contributed by atoms with Gasteiger partial charge in [0.25, 0.3) is 0 Å². The predicted octanol–water partition coefficient (Wildman–Crippen LogP) is 4.14. The molecule has 0 aliphatic heterocycles. The molecule has 0 heterocycles. The number of nitriles is 1. The summed E-state index contributed by atoms with van der Waals surface area (Å²) >= 11 is 0. The van der Waals surface area contributed by atoms with Crippen molar-refractivity contribution in [2.75, 3.05) is 0 Å². The van der Waals surface area contributed by atoms with Gasteiger partial charge in [-0.3, -0.25) is 0 Å². The lowest BCUT2D eigenvalue weighted by Crippen LogP contribution is -2.10. The molecule has 108 valence electrons. The van der Waals surface area contributed by atoms with Gasteiger partial charge in [-0.15, -0.1) is 0 Å². The Morgan fingerprint density at radius 2 is 1.90 bits per heavy atom. The Hall–Kier alpha value is -2.31. The number of aliphatic hydroxyl groups excluding tert-OH is 1. The van der Waals surface area contributed by atoms with Crippen LogP contribution < -0.4 is 4.74 Å². The molecule has 0 unspecified atom stereocenters. The highest BCUT2D eigenvalue weighted by atomic mass is 16.5. The van der Waals surface area contributed by atoms with Gasteiger partial charge in [-0.2, -0.15) is 5.26 Å². The van der Waals surface area contributed by atoms with Crippen molar-refractivity contribution in [1.29, 1.82) is 5.26 Å². The quantitative estimate of drug-likeness (QED) is 0.919. The number of rotatable bonds is 3. The third kappa shape index (κ3) is 3.62. The van der Waals surface area contributed by atoms with Gasteiger partial charge in [-0.1, -0.05) is 39.0 Å². The Morgan fingerprint density at radius 1 is 1.14 bits per heavy atom. The monoisotopic (exact) mass is 281 g/mol. The van der Waals surface area contributed by atoms with Crippen molar-refractivity contribution in [2.45, 2.75) is 32.8 Å². The van der Waals surface area contributed by atoms with E-state index in [1.54, 1.807) is 18.2 Å². The van der Waals surface area contributed by atoms with Crippen LogP contribution in [0.1, 0.15) is 37.5 Å². The Bertz CT molecular complexity index is 678. The van der Waals surface area contributed by atoms with Crippen LogP contribution in [0.5, 0.6) is 11.5 Å². The lowest BCUT2D eigenvalue weighted by Gasteiger charge is -2.19.